The highest BCUT2D eigenvalue weighted by atomic mass is 32.1. The van der Waals surface area contributed by atoms with E-state index in [1.165, 1.54) is 23.5 Å². The number of ether oxygens (including phenoxy) is 2. The van der Waals surface area contributed by atoms with E-state index in [0.717, 1.165) is 36.1 Å². The van der Waals surface area contributed by atoms with Crippen molar-refractivity contribution >= 4 is 17.2 Å². The predicted octanol–water partition coefficient (Wildman–Crippen LogP) is 4.58. The molecule has 2 heterocycles. The number of hydrogen-bond acceptors (Lipinski definition) is 5. The summed E-state index contributed by atoms with van der Waals surface area (Å²) in [6, 6.07) is 10.5. The molecule has 0 spiro atoms. The molecule has 30 heavy (non-hydrogen) atoms. The van der Waals surface area contributed by atoms with E-state index >= 15 is 0 Å². The monoisotopic (exact) mass is 430 g/mol. The van der Waals surface area contributed by atoms with Gasteiger partial charge in [-0.15, -0.1) is 11.3 Å². The van der Waals surface area contributed by atoms with Gasteiger partial charge in [-0.1, -0.05) is 0 Å². The smallest absolute Gasteiger partial charge is 0.270 e. The van der Waals surface area contributed by atoms with Crippen molar-refractivity contribution < 1.29 is 23.0 Å². The van der Waals surface area contributed by atoms with Gasteiger partial charge in [-0.3, -0.25) is 4.79 Å². The molecule has 4 rings (SSSR count). The normalized spacial score (nSPS) is 15.9. The van der Waals surface area contributed by atoms with E-state index in [0.29, 0.717) is 23.6 Å². The van der Waals surface area contributed by atoms with E-state index in [4.69, 9.17) is 9.47 Å². The van der Waals surface area contributed by atoms with Crippen molar-refractivity contribution in [2.45, 2.75) is 25.6 Å². The second-order valence-corrected chi connectivity index (χ2v) is 7.83. The van der Waals surface area contributed by atoms with Crippen LogP contribution in [0.15, 0.2) is 47.8 Å². The van der Waals surface area contributed by atoms with Crippen LogP contribution >= 0.6 is 11.3 Å². The van der Waals surface area contributed by atoms with E-state index in [1.807, 2.05) is 12.1 Å². The van der Waals surface area contributed by atoms with E-state index < -0.39 is 11.6 Å². The second-order valence-electron chi connectivity index (χ2n) is 6.97. The molecular formula is C22H20F2N2O3S. The molecule has 1 saturated heterocycles. The van der Waals surface area contributed by atoms with Crippen LogP contribution in [0.5, 0.6) is 5.75 Å². The highest BCUT2D eigenvalue weighted by Crippen LogP contribution is 2.26. The Morgan fingerprint density at radius 2 is 1.97 bits per heavy atom. The van der Waals surface area contributed by atoms with Crippen molar-refractivity contribution in [3.05, 3.63) is 70.7 Å². The zero-order valence-electron chi connectivity index (χ0n) is 16.1. The largest absolute Gasteiger partial charge is 0.489 e. The van der Waals surface area contributed by atoms with Crippen molar-refractivity contribution in [1.82, 2.24) is 10.3 Å². The van der Waals surface area contributed by atoms with Crippen LogP contribution < -0.4 is 10.1 Å². The Labute approximate surface area is 176 Å². The molecule has 0 unspecified atom stereocenters. The number of hydrogen-bond donors (Lipinski definition) is 1. The number of nitrogens with zero attached hydrogens (tertiary/aromatic N) is 1. The third kappa shape index (κ3) is 5.20. The minimum absolute atomic E-state index is 0.0559. The molecule has 3 aromatic rings. The molecule has 5 nitrogen and oxygen atoms in total. The van der Waals surface area contributed by atoms with Crippen molar-refractivity contribution in [3.8, 4) is 16.3 Å². The lowest BCUT2D eigenvalue weighted by molar-refractivity contribution is 0.0854. The van der Waals surface area contributed by atoms with E-state index in [2.05, 4.69) is 10.3 Å². The molecule has 0 saturated carbocycles. The number of rotatable bonds is 7. The first-order valence-corrected chi connectivity index (χ1v) is 10.5. The minimum atomic E-state index is -0.636. The molecule has 0 bridgehead atoms. The summed E-state index contributed by atoms with van der Waals surface area (Å²) in [5, 5.41) is 5.31. The van der Waals surface area contributed by atoms with Gasteiger partial charge in [-0.2, -0.15) is 0 Å². The molecule has 1 aromatic heterocycles. The predicted molar refractivity (Wildman–Crippen MR) is 110 cm³/mol. The Hall–Kier alpha value is -2.84. The molecule has 1 amide bonds. The van der Waals surface area contributed by atoms with Gasteiger partial charge in [0.05, 0.1) is 6.10 Å². The number of nitrogens with one attached hydrogen (secondary N) is 1. The maximum Gasteiger partial charge on any atom is 0.270 e. The van der Waals surface area contributed by atoms with Crippen LogP contribution in [0.3, 0.4) is 0 Å². The van der Waals surface area contributed by atoms with Crippen molar-refractivity contribution in [2.24, 2.45) is 0 Å². The van der Waals surface area contributed by atoms with Crippen molar-refractivity contribution in [1.29, 1.82) is 0 Å². The van der Waals surface area contributed by atoms with E-state index in [-0.39, 0.29) is 18.6 Å². The molecule has 0 aliphatic carbocycles. The topological polar surface area (TPSA) is 60.5 Å². The fourth-order valence-electron chi connectivity index (χ4n) is 3.17. The molecule has 8 heteroatoms. The van der Waals surface area contributed by atoms with Crippen LogP contribution in [0.2, 0.25) is 0 Å². The summed E-state index contributed by atoms with van der Waals surface area (Å²) in [5.41, 5.74) is 1.64. The number of benzene rings is 2. The van der Waals surface area contributed by atoms with E-state index in [1.54, 1.807) is 17.5 Å². The van der Waals surface area contributed by atoms with Gasteiger partial charge in [0, 0.05) is 30.2 Å². The highest BCUT2D eigenvalue weighted by Gasteiger charge is 2.18. The van der Waals surface area contributed by atoms with Gasteiger partial charge in [0.25, 0.3) is 5.91 Å². The summed E-state index contributed by atoms with van der Waals surface area (Å²) in [6.45, 7) is 1.30. The Morgan fingerprint density at radius 1 is 1.20 bits per heavy atom. The molecule has 1 aliphatic rings. The zero-order valence-corrected chi connectivity index (χ0v) is 16.9. The minimum Gasteiger partial charge on any atom is -0.489 e. The number of halogens is 2. The second kappa shape index (κ2) is 9.32. The average Bonchev–Trinajstić information content (AvgIpc) is 3.42. The summed E-state index contributed by atoms with van der Waals surface area (Å²) >= 11 is 1.38. The van der Waals surface area contributed by atoms with Gasteiger partial charge in [-0.25, -0.2) is 13.8 Å². The Kier molecular flexibility index (Phi) is 6.35. The summed E-state index contributed by atoms with van der Waals surface area (Å²) in [5.74, 6) is -0.920. The number of aromatic nitrogens is 1. The van der Waals surface area contributed by atoms with Gasteiger partial charge in [-0.05, 0) is 54.8 Å². The summed E-state index contributed by atoms with van der Waals surface area (Å²) in [6.07, 6.45) is 2.08. The third-order valence-corrected chi connectivity index (χ3v) is 5.57. The van der Waals surface area contributed by atoms with Gasteiger partial charge in [0.1, 0.15) is 34.7 Å². The molecule has 156 valence electrons. The van der Waals surface area contributed by atoms with Crippen molar-refractivity contribution in [2.75, 3.05) is 13.2 Å². The van der Waals surface area contributed by atoms with Crippen LogP contribution in [0.1, 0.15) is 28.9 Å². The maximum absolute atomic E-state index is 13.2. The summed E-state index contributed by atoms with van der Waals surface area (Å²) in [7, 11) is 0. The lowest BCUT2D eigenvalue weighted by Gasteiger charge is -2.09. The highest BCUT2D eigenvalue weighted by molar-refractivity contribution is 7.13. The quantitative estimate of drug-likeness (QED) is 0.596. The zero-order chi connectivity index (χ0) is 20.9. The van der Waals surface area contributed by atoms with Crippen LogP contribution in [-0.4, -0.2) is 30.1 Å². The van der Waals surface area contributed by atoms with Crippen LogP contribution in [0.4, 0.5) is 8.78 Å². The van der Waals surface area contributed by atoms with Gasteiger partial charge in [0.15, 0.2) is 0 Å². The number of carbonyl (C=O) groups excluding carboxylic acids is 1. The van der Waals surface area contributed by atoms with Crippen molar-refractivity contribution in [3.63, 3.8) is 0 Å². The van der Waals surface area contributed by atoms with Crippen LogP contribution in [0.25, 0.3) is 10.6 Å². The Balaban J connectivity index is 1.34. The lowest BCUT2D eigenvalue weighted by atomic mass is 10.2. The number of amides is 1. The summed E-state index contributed by atoms with van der Waals surface area (Å²) < 4.78 is 37.6. The lowest BCUT2D eigenvalue weighted by Crippen LogP contribution is -2.31. The first kappa shape index (κ1) is 20.4. The first-order chi connectivity index (χ1) is 14.6. The molecule has 1 atom stereocenters. The molecule has 2 aromatic carbocycles. The standard InChI is InChI=1S/C22H20F2N2O3S/c23-16-8-14(9-17(24)10-16)12-29-18-5-3-15(4-6-18)22-26-20(13-30-22)21(27)25-11-19-2-1-7-28-19/h3-6,8-10,13,19H,1-2,7,11-12H2,(H,25,27)/t19-/m0/s1. The van der Waals surface area contributed by atoms with E-state index in [9.17, 15) is 13.6 Å². The maximum atomic E-state index is 13.2. The summed E-state index contributed by atoms with van der Waals surface area (Å²) in [4.78, 5) is 16.7. The average molecular weight is 430 g/mol. The Morgan fingerprint density at radius 3 is 2.67 bits per heavy atom. The first-order valence-electron chi connectivity index (χ1n) is 9.60. The number of thiazole rings is 1. The van der Waals surface area contributed by atoms with Gasteiger partial charge in [0.2, 0.25) is 0 Å². The SMILES string of the molecule is O=C(NC[C@@H]1CCCO1)c1csc(-c2ccc(OCc3cc(F)cc(F)c3)cc2)n1. The van der Waals surface area contributed by atoms with Crippen LogP contribution in [0, 0.1) is 11.6 Å². The fraction of sp³-hybridized carbons (Fsp3) is 0.273. The molecule has 1 fully saturated rings. The van der Waals surface area contributed by atoms with Gasteiger partial charge < -0.3 is 14.8 Å². The fourth-order valence-corrected chi connectivity index (χ4v) is 3.97. The van der Waals surface area contributed by atoms with Gasteiger partial charge >= 0.3 is 0 Å². The molecular weight excluding hydrogens is 410 g/mol. The Bertz CT molecular complexity index is 997. The third-order valence-electron chi connectivity index (χ3n) is 4.68. The molecule has 1 N–H and O–H groups in total. The molecule has 0 radical (unpaired) electrons. The molecule has 1 aliphatic heterocycles. The number of carbonyl (C=O) groups is 1. The van der Waals surface area contributed by atoms with Crippen LogP contribution in [-0.2, 0) is 11.3 Å².